The van der Waals surface area contributed by atoms with Gasteiger partial charge in [0.2, 0.25) is 0 Å². The van der Waals surface area contributed by atoms with Crippen LogP contribution in [0.5, 0.6) is 0 Å². The molecule has 27 heavy (non-hydrogen) atoms. The van der Waals surface area contributed by atoms with Gasteiger partial charge in [0.05, 0.1) is 12.2 Å². The summed E-state index contributed by atoms with van der Waals surface area (Å²) in [7, 11) is 0. The predicted octanol–water partition coefficient (Wildman–Crippen LogP) is 2.76. The molecule has 0 bridgehead atoms. The Hall–Kier alpha value is -3.48. The van der Waals surface area contributed by atoms with Crippen LogP contribution in [0.25, 0.3) is 0 Å². The summed E-state index contributed by atoms with van der Waals surface area (Å²) in [6.45, 7) is 4.45. The molecule has 0 aliphatic heterocycles. The minimum Gasteiger partial charge on any atom is -0.267 e. The Morgan fingerprint density at radius 1 is 0.963 bits per heavy atom. The van der Waals surface area contributed by atoms with Crippen molar-refractivity contribution in [2.45, 2.75) is 20.4 Å². The van der Waals surface area contributed by atoms with Gasteiger partial charge in [-0.05, 0) is 61.9 Å². The molecule has 0 aliphatic rings. The maximum Gasteiger partial charge on any atom is 0.269 e. The third-order valence-electron chi connectivity index (χ3n) is 4.02. The van der Waals surface area contributed by atoms with Crippen molar-refractivity contribution in [3.05, 3.63) is 88.5 Å². The molecule has 0 unspecified atom stereocenters. The highest BCUT2D eigenvalue weighted by atomic mass is 19.1. The number of hydrogen-bond donors (Lipinski definition) is 2. The summed E-state index contributed by atoms with van der Waals surface area (Å²) in [5, 5.41) is 4.41. The van der Waals surface area contributed by atoms with Crippen LogP contribution in [0.15, 0.2) is 54.6 Å². The maximum absolute atomic E-state index is 12.9. The minimum atomic E-state index is -0.526. The lowest BCUT2D eigenvalue weighted by Gasteiger charge is -2.09. The maximum atomic E-state index is 12.9. The standard InChI is InChI=1S/C20H19FN4O2/c1-13-10-14(2)25(24-13)12-15-4-3-5-17(11-15)20(27)23-22-19(26)16-6-8-18(21)9-7-16/h3-11H,12H2,1-2H3,(H,22,26)(H,23,27). The first kappa shape index (κ1) is 18.3. The van der Waals surface area contributed by atoms with Crippen LogP contribution in [0.2, 0.25) is 0 Å². The molecule has 0 aliphatic carbocycles. The van der Waals surface area contributed by atoms with Crippen LogP contribution >= 0.6 is 0 Å². The van der Waals surface area contributed by atoms with E-state index in [1.807, 2.05) is 30.7 Å². The van der Waals surface area contributed by atoms with Crippen molar-refractivity contribution in [1.82, 2.24) is 20.6 Å². The molecule has 0 radical (unpaired) electrons. The van der Waals surface area contributed by atoms with Crippen LogP contribution in [0.1, 0.15) is 37.7 Å². The number of aromatic nitrogens is 2. The minimum absolute atomic E-state index is 0.245. The largest absolute Gasteiger partial charge is 0.269 e. The highest BCUT2D eigenvalue weighted by molar-refractivity contribution is 5.99. The number of amides is 2. The quantitative estimate of drug-likeness (QED) is 0.697. The van der Waals surface area contributed by atoms with E-state index in [2.05, 4.69) is 16.0 Å². The van der Waals surface area contributed by atoms with Gasteiger partial charge in [-0.1, -0.05) is 12.1 Å². The summed E-state index contributed by atoms with van der Waals surface area (Å²) < 4.78 is 14.8. The summed E-state index contributed by atoms with van der Waals surface area (Å²) in [5.41, 5.74) is 8.23. The second-order valence-corrected chi connectivity index (χ2v) is 6.20. The molecule has 2 N–H and O–H groups in total. The van der Waals surface area contributed by atoms with Gasteiger partial charge in [-0.3, -0.25) is 25.1 Å². The van der Waals surface area contributed by atoms with Crippen molar-refractivity contribution in [2.75, 3.05) is 0 Å². The number of hydrazine groups is 1. The van der Waals surface area contributed by atoms with Gasteiger partial charge in [0.15, 0.2) is 0 Å². The molecule has 3 rings (SSSR count). The van der Waals surface area contributed by atoms with Gasteiger partial charge < -0.3 is 0 Å². The summed E-state index contributed by atoms with van der Waals surface area (Å²) in [4.78, 5) is 24.3. The molecule has 0 saturated heterocycles. The molecule has 3 aromatic rings. The number of halogens is 1. The van der Waals surface area contributed by atoms with E-state index in [1.54, 1.807) is 18.2 Å². The molecule has 1 heterocycles. The number of carbonyl (C=O) groups is 2. The van der Waals surface area contributed by atoms with E-state index in [0.717, 1.165) is 17.0 Å². The third kappa shape index (κ3) is 4.58. The fraction of sp³-hybridized carbons (Fsp3) is 0.150. The monoisotopic (exact) mass is 366 g/mol. The molecule has 0 fully saturated rings. The van der Waals surface area contributed by atoms with E-state index in [1.165, 1.54) is 24.3 Å². The van der Waals surface area contributed by atoms with Crippen molar-refractivity contribution < 1.29 is 14.0 Å². The Balaban J connectivity index is 1.64. The molecule has 0 spiro atoms. The van der Waals surface area contributed by atoms with Crippen LogP contribution in [-0.2, 0) is 6.54 Å². The molecule has 1 aromatic heterocycles. The number of aryl methyl sites for hydroxylation is 2. The SMILES string of the molecule is Cc1cc(C)n(Cc2cccc(C(=O)NNC(=O)c3ccc(F)cc3)c2)n1. The Labute approximate surface area is 156 Å². The van der Waals surface area contributed by atoms with Crippen molar-refractivity contribution in [3.8, 4) is 0 Å². The molecule has 2 amide bonds. The van der Waals surface area contributed by atoms with Crippen molar-refractivity contribution in [3.63, 3.8) is 0 Å². The van der Waals surface area contributed by atoms with E-state index >= 15 is 0 Å². The van der Waals surface area contributed by atoms with Crippen molar-refractivity contribution in [1.29, 1.82) is 0 Å². The van der Waals surface area contributed by atoms with Gasteiger partial charge in [0.25, 0.3) is 11.8 Å². The van der Waals surface area contributed by atoms with Crippen LogP contribution in [0.4, 0.5) is 4.39 Å². The normalized spacial score (nSPS) is 10.5. The molecule has 138 valence electrons. The van der Waals surface area contributed by atoms with E-state index in [-0.39, 0.29) is 5.56 Å². The third-order valence-corrected chi connectivity index (χ3v) is 4.02. The Morgan fingerprint density at radius 3 is 2.26 bits per heavy atom. The number of nitrogens with zero attached hydrogens (tertiary/aromatic N) is 2. The number of rotatable bonds is 4. The predicted molar refractivity (Wildman–Crippen MR) is 98.6 cm³/mol. The second kappa shape index (κ2) is 7.82. The van der Waals surface area contributed by atoms with Crippen molar-refractivity contribution >= 4 is 11.8 Å². The summed E-state index contributed by atoms with van der Waals surface area (Å²) in [5.74, 6) is -1.40. The average molecular weight is 366 g/mol. The molecule has 7 heteroatoms. The van der Waals surface area contributed by atoms with Crippen LogP contribution in [0, 0.1) is 19.7 Å². The topological polar surface area (TPSA) is 76.0 Å². The van der Waals surface area contributed by atoms with Crippen LogP contribution < -0.4 is 10.9 Å². The summed E-state index contributed by atoms with van der Waals surface area (Å²) in [6.07, 6.45) is 0. The Morgan fingerprint density at radius 2 is 1.63 bits per heavy atom. The van der Waals surface area contributed by atoms with Gasteiger partial charge in [-0.2, -0.15) is 5.10 Å². The first-order valence-corrected chi connectivity index (χ1v) is 8.38. The fourth-order valence-corrected chi connectivity index (χ4v) is 2.68. The van der Waals surface area contributed by atoms with E-state index in [9.17, 15) is 14.0 Å². The molecular formula is C20H19FN4O2. The zero-order chi connectivity index (χ0) is 19.4. The molecule has 0 atom stereocenters. The lowest BCUT2D eigenvalue weighted by atomic mass is 10.1. The first-order valence-electron chi connectivity index (χ1n) is 8.38. The lowest BCUT2D eigenvalue weighted by Crippen LogP contribution is -2.41. The second-order valence-electron chi connectivity index (χ2n) is 6.20. The summed E-state index contributed by atoms with van der Waals surface area (Å²) >= 11 is 0. The lowest BCUT2D eigenvalue weighted by molar-refractivity contribution is 0.0846. The van der Waals surface area contributed by atoms with Crippen molar-refractivity contribution in [2.24, 2.45) is 0 Å². The van der Waals surface area contributed by atoms with Gasteiger partial charge >= 0.3 is 0 Å². The number of nitrogens with one attached hydrogen (secondary N) is 2. The number of benzene rings is 2. The van der Waals surface area contributed by atoms with E-state index in [0.29, 0.717) is 12.1 Å². The molecule has 6 nitrogen and oxygen atoms in total. The molecule has 0 saturated carbocycles. The Kier molecular flexibility index (Phi) is 5.30. The Bertz CT molecular complexity index is 980. The van der Waals surface area contributed by atoms with Crippen LogP contribution in [-0.4, -0.2) is 21.6 Å². The molecular weight excluding hydrogens is 347 g/mol. The highest BCUT2D eigenvalue weighted by Crippen LogP contribution is 2.10. The smallest absolute Gasteiger partial charge is 0.267 e. The van der Waals surface area contributed by atoms with Crippen LogP contribution in [0.3, 0.4) is 0 Å². The van der Waals surface area contributed by atoms with Gasteiger partial charge in [-0.15, -0.1) is 0 Å². The highest BCUT2D eigenvalue weighted by Gasteiger charge is 2.10. The first-order chi connectivity index (χ1) is 12.9. The van der Waals surface area contributed by atoms with Gasteiger partial charge in [0, 0.05) is 16.8 Å². The fourth-order valence-electron chi connectivity index (χ4n) is 2.68. The van der Waals surface area contributed by atoms with Gasteiger partial charge in [-0.25, -0.2) is 4.39 Å². The average Bonchev–Trinajstić information content (AvgIpc) is 2.97. The van der Waals surface area contributed by atoms with Gasteiger partial charge in [0.1, 0.15) is 5.82 Å². The zero-order valence-corrected chi connectivity index (χ0v) is 15.0. The zero-order valence-electron chi connectivity index (χ0n) is 15.0. The number of carbonyl (C=O) groups excluding carboxylic acids is 2. The molecule has 2 aromatic carbocycles. The van der Waals surface area contributed by atoms with E-state index < -0.39 is 17.6 Å². The number of hydrogen-bond acceptors (Lipinski definition) is 3. The van der Waals surface area contributed by atoms with E-state index in [4.69, 9.17) is 0 Å². The summed E-state index contributed by atoms with van der Waals surface area (Å²) in [6, 6.07) is 14.1.